The van der Waals surface area contributed by atoms with Crippen LogP contribution in [-0.2, 0) is 13.0 Å². The van der Waals surface area contributed by atoms with Crippen LogP contribution in [0.25, 0.3) is 0 Å². The second kappa shape index (κ2) is 6.91. The summed E-state index contributed by atoms with van der Waals surface area (Å²) in [6, 6.07) is 13.7. The van der Waals surface area contributed by atoms with Gasteiger partial charge in [0.25, 0.3) is 5.91 Å². The number of halogens is 2. The van der Waals surface area contributed by atoms with Gasteiger partial charge in [-0.2, -0.15) is 0 Å². The number of carbonyl (C=O) groups is 1. The summed E-state index contributed by atoms with van der Waals surface area (Å²) in [7, 11) is 2.09. The minimum atomic E-state index is -0.129. The fourth-order valence-electron chi connectivity index (χ4n) is 2.90. The zero-order valence-electron chi connectivity index (χ0n) is 12.9. The molecule has 0 saturated carbocycles. The van der Waals surface area contributed by atoms with Crippen LogP contribution in [-0.4, -0.2) is 30.4 Å². The maximum absolute atomic E-state index is 12.3. The molecule has 1 aliphatic heterocycles. The highest BCUT2D eigenvalue weighted by Gasteiger charge is 2.23. The molecule has 1 heterocycles. The van der Waals surface area contributed by atoms with Crippen LogP contribution in [0, 0.1) is 0 Å². The number of nitrogens with one attached hydrogen (secondary N) is 1. The zero-order valence-corrected chi connectivity index (χ0v) is 14.4. The van der Waals surface area contributed by atoms with E-state index in [-0.39, 0.29) is 11.9 Å². The second-order valence-corrected chi connectivity index (χ2v) is 6.70. The van der Waals surface area contributed by atoms with Gasteiger partial charge >= 0.3 is 0 Å². The summed E-state index contributed by atoms with van der Waals surface area (Å²) >= 11 is 11.8. The van der Waals surface area contributed by atoms with Gasteiger partial charge in [0.1, 0.15) is 0 Å². The molecule has 5 heteroatoms. The third-order valence-corrected chi connectivity index (χ3v) is 5.04. The lowest BCUT2D eigenvalue weighted by atomic mass is 9.94. The van der Waals surface area contributed by atoms with Gasteiger partial charge in [-0.05, 0) is 42.8 Å². The molecule has 0 fully saturated rings. The van der Waals surface area contributed by atoms with Gasteiger partial charge in [0, 0.05) is 24.7 Å². The number of benzene rings is 2. The van der Waals surface area contributed by atoms with Crippen LogP contribution in [0.1, 0.15) is 21.5 Å². The number of hydrogen-bond acceptors (Lipinski definition) is 2. The molecule has 3 rings (SSSR count). The Balaban J connectivity index is 1.64. The molecular weight excluding hydrogens is 331 g/mol. The fraction of sp³-hybridized carbons (Fsp3) is 0.278. The molecule has 1 N–H and O–H groups in total. The predicted octanol–water partition coefficient (Wildman–Crippen LogP) is 3.78. The van der Waals surface area contributed by atoms with Crippen molar-refractivity contribution in [1.29, 1.82) is 0 Å². The van der Waals surface area contributed by atoms with Crippen LogP contribution in [0.4, 0.5) is 0 Å². The zero-order chi connectivity index (χ0) is 16.4. The quantitative estimate of drug-likeness (QED) is 0.915. The molecule has 1 aliphatic rings. The van der Waals surface area contributed by atoms with Crippen LogP contribution >= 0.6 is 23.2 Å². The van der Waals surface area contributed by atoms with Crippen molar-refractivity contribution in [3.63, 3.8) is 0 Å². The van der Waals surface area contributed by atoms with Crippen LogP contribution in [0.3, 0.4) is 0 Å². The van der Waals surface area contributed by atoms with Gasteiger partial charge in [-0.25, -0.2) is 0 Å². The third kappa shape index (κ3) is 3.69. The molecule has 3 nitrogen and oxygen atoms in total. The molecule has 23 heavy (non-hydrogen) atoms. The summed E-state index contributed by atoms with van der Waals surface area (Å²) in [6.07, 6.45) is 0.939. The van der Waals surface area contributed by atoms with Crippen LogP contribution in [0.15, 0.2) is 42.5 Å². The molecular formula is C18H18Cl2N2O. The standard InChI is InChI=1S/C18H18Cl2N2O/c1-22-11-14-5-3-2-4-12(14)8-15(22)10-21-18(23)13-6-7-16(19)17(20)9-13/h2-7,9,15H,8,10-11H2,1H3,(H,21,23). The minimum absolute atomic E-state index is 0.129. The van der Waals surface area contributed by atoms with E-state index >= 15 is 0 Å². The normalized spacial score (nSPS) is 17.6. The van der Waals surface area contributed by atoms with Crippen LogP contribution in [0.2, 0.25) is 10.0 Å². The number of carbonyl (C=O) groups excluding carboxylic acids is 1. The summed E-state index contributed by atoms with van der Waals surface area (Å²) in [5, 5.41) is 3.84. The lowest BCUT2D eigenvalue weighted by Gasteiger charge is -2.34. The van der Waals surface area contributed by atoms with E-state index in [0.717, 1.165) is 13.0 Å². The van der Waals surface area contributed by atoms with E-state index in [1.807, 2.05) is 0 Å². The van der Waals surface area contributed by atoms with Gasteiger partial charge in [0.2, 0.25) is 0 Å². The van der Waals surface area contributed by atoms with E-state index in [1.165, 1.54) is 11.1 Å². The highest BCUT2D eigenvalue weighted by atomic mass is 35.5. The van der Waals surface area contributed by atoms with Crippen molar-refractivity contribution >= 4 is 29.1 Å². The molecule has 1 atom stereocenters. The lowest BCUT2D eigenvalue weighted by Crippen LogP contribution is -2.45. The highest BCUT2D eigenvalue weighted by molar-refractivity contribution is 6.42. The van der Waals surface area contributed by atoms with Gasteiger partial charge in [0.15, 0.2) is 0 Å². The summed E-state index contributed by atoms with van der Waals surface area (Å²) < 4.78 is 0. The molecule has 0 bridgehead atoms. The number of amides is 1. The van der Waals surface area contributed by atoms with E-state index in [2.05, 4.69) is 41.5 Å². The Morgan fingerprint density at radius 2 is 1.91 bits per heavy atom. The molecule has 1 amide bonds. The van der Waals surface area contributed by atoms with Crippen molar-refractivity contribution < 1.29 is 4.79 Å². The second-order valence-electron chi connectivity index (χ2n) is 5.88. The summed E-state index contributed by atoms with van der Waals surface area (Å²) in [4.78, 5) is 14.5. The van der Waals surface area contributed by atoms with Crippen LogP contribution in [0.5, 0.6) is 0 Å². The van der Waals surface area contributed by atoms with Crippen molar-refractivity contribution in [2.45, 2.75) is 19.0 Å². The Kier molecular flexibility index (Phi) is 4.90. The SMILES string of the molecule is CN1Cc2ccccc2CC1CNC(=O)c1ccc(Cl)c(Cl)c1. The average Bonchev–Trinajstić information content (AvgIpc) is 2.55. The first-order valence-electron chi connectivity index (χ1n) is 7.55. The molecule has 120 valence electrons. The Hall–Kier alpha value is -1.55. The topological polar surface area (TPSA) is 32.3 Å². The number of nitrogens with zero attached hydrogens (tertiary/aromatic N) is 1. The molecule has 0 aromatic heterocycles. The first-order valence-corrected chi connectivity index (χ1v) is 8.30. The van der Waals surface area contributed by atoms with E-state index in [1.54, 1.807) is 18.2 Å². The van der Waals surface area contributed by atoms with E-state index in [9.17, 15) is 4.79 Å². The Bertz CT molecular complexity index is 733. The third-order valence-electron chi connectivity index (χ3n) is 4.30. The molecule has 0 aliphatic carbocycles. The summed E-state index contributed by atoms with van der Waals surface area (Å²) in [6.45, 7) is 1.51. The van der Waals surface area contributed by atoms with Crippen molar-refractivity contribution in [3.8, 4) is 0 Å². The molecule has 0 radical (unpaired) electrons. The lowest BCUT2D eigenvalue weighted by molar-refractivity contribution is 0.0934. The predicted molar refractivity (Wildman–Crippen MR) is 94.2 cm³/mol. The number of fused-ring (bicyclic) bond motifs is 1. The van der Waals surface area contributed by atoms with Gasteiger partial charge in [-0.15, -0.1) is 0 Å². The van der Waals surface area contributed by atoms with Gasteiger partial charge in [-0.1, -0.05) is 47.5 Å². The van der Waals surface area contributed by atoms with Crippen LogP contribution < -0.4 is 5.32 Å². The summed E-state index contributed by atoms with van der Waals surface area (Å²) in [5.41, 5.74) is 3.25. The highest BCUT2D eigenvalue weighted by Crippen LogP contribution is 2.23. The van der Waals surface area contributed by atoms with Gasteiger partial charge in [-0.3, -0.25) is 9.69 Å². The molecule has 2 aromatic rings. The summed E-state index contributed by atoms with van der Waals surface area (Å²) in [5.74, 6) is -0.129. The molecule has 1 unspecified atom stereocenters. The Labute approximate surface area is 146 Å². The first-order chi connectivity index (χ1) is 11.0. The smallest absolute Gasteiger partial charge is 0.251 e. The average molecular weight is 349 g/mol. The van der Waals surface area contributed by atoms with Crippen molar-refractivity contribution in [3.05, 3.63) is 69.2 Å². The largest absolute Gasteiger partial charge is 0.350 e. The monoisotopic (exact) mass is 348 g/mol. The minimum Gasteiger partial charge on any atom is -0.350 e. The number of likely N-dealkylation sites (N-methyl/N-ethyl adjacent to an activating group) is 1. The Morgan fingerprint density at radius 3 is 2.65 bits per heavy atom. The van der Waals surface area contributed by atoms with Crippen molar-refractivity contribution in [2.24, 2.45) is 0 Å². The number of hydrogen-bond donors (Lipinski definition) is 1. The maximum Gasteiger partial charge on any atom is 0.251 e. The van der Waals surface area contributed by atoms with Gasteiger partial charge < -0.3 is 5.32 Å². The molecule has 0 spiro atoms. The van der Waals surface area contributed by atoms with Crippen molar-refractivity contribution in [2.75, 3.05) is 13.6 Å². The molecule has 0 saturated heterocycles. The maximum atomic E-state index is 12.3. The van der Waals surface area contributed by atoms with E-state index < -0.39 is 0 Å². The Morgan fingerprint density at radius 1 is 1.17 bits per heavy atom. The molecule has 2 aromatic carbocycles. The fourth-order valence-corrected chi connectivity index (χ4v) is 3.19. The number of rotatable bonds is 3. The van der Waals surface area contributed by atoms with E-state index in [0.29, 0.717) is 22.2 Å². The van der Waals surface area contributed by atoms with E-state index in [4.69, 9.17) is 23.2 Å². The van der Waals surface area contributed by atoms with Gasteiger partial charge in [0.05, 0.1) is 10.0 Å². The van der Waals surface area contributed by atoms with Crippen molar-refractivity contribution in [1.82, 2.24) is 10.2 Å². The first kappa shape index (κ1) is 16.3.